The van der Waals surface area contributed by atoms with Gasteiger partial charge < -0.3 is 19.9 Å². The summed E-state index contributed by atoms with van der Waals surface area (Å²) in [5, 5.41) is 20.6. The van der Waals surface area contributed by atoms with E-state index in [-0.39, 0.29) is 12.3 Å². The van der Waals surface area contributed by atoms with Crippen molar-refractivity contribution < 1.29 is 28.1 Å². The second kappa shape index (κ2) is 7.93. The molecule has 2 aromatic heterocycles. The number of fused-ring (bicyclic) bond motifs is 2. The maximum absolute atomic E-state index is 14.2. The van der Waals surface area contributed by atoms with Gasteiger partial charge in [0.25, 0.3) is 0 Å². The first kappa shape index (κ1) is 22.9. The lowest BCUT2D eigenvalue weighted by molar-refractivity contribution is -0.266. The van der Waals surface area contributed by atoms with Gasteiger partial charge in [0.05, 0.1) is 29.9 Å². The third kappa shape index (κ3) is 4.19. The minimum atomic E-state index is -4.88. The number of hydrogen-bond acceptors (Lipinski definition) is 4. The molecule has 9 heteroatoms. The van der Waals surface area contributed by atoms with Crippen molar-refractivity contribution in [3.8, 4) is 5.75 Å². The zero-order chi connectivity index (χ0) is 23.3. The third-order valence-corrected chi connectivity index (χ3v) is 6.19. The van der Waals surface area contributed by atoms with E-state index < -0.39 is 30.0 Å². The maximum atomic E-state index is 14.2. The number of aromatic amines is 1. The molecule has 0 aliphatic carbocycles. The molecule has 0 amide bonds. The first-order valence-electron chi connectivity index (χ1n) is 10.2. The number of alkyl halides is 3. The van der Waals surface area contributed by atoms with Crippen molar-refractivity contribution in [2.45, 2.75) is 56.9 Å². The largest absolute Gasteiger partial charge is 0.493 e. The van der Waals surface area contributed by atoms with Gasteiger partial charge in [-0.15, -0.1) is 0 Å². The zero-order valence-corrected chi connectivity index (χ0v) is 18.4. The van der Waals surface area contributed by atoms with E-state index in [2.05, 4.69) is 9.97 Å². The van der Waals surface area contributed by atoms with Crippen LogP contribution in [0.25, 0.3) is 11.0 Å². The Morgan fingerprint density at radius 3 is 2.62 bits per heavy atom. The first-order chi connectivity index (χ1) is 14.9. The fourth-order valence-electron chi connectivity index (χ4n) is 4.47. The number of rotatable bonds is 6. The van der Waals surface area contributed by atoms with Gasteiger partial charge in [-0.2, -0.15) is 13.2 Å². The number of aromatic nitrogens is 2. The van der Waals surface area contributed by atoms with E-state index in [1.807, 2.05) is 0 Å². The van der Waals surface area contributed by atoms with Crippen LogP contribution in [0.15, 0.2) is 30.3 Å². The van der Waals surface area contributed by atoms with E-state index in [1.165, 1.54) is 6.07 Å². The van der Waals surface area contributed by atoms with Crippen molar-refractivity contribution >= 4 is 22.6 Å². The van der Waals surface area contributed by atoms with E-state index in [0.29, 0.717) is 46.1 Å². The summed E-state index contributed by atoms with van der Waals surface area (Å²) in [5.41, 5.74) is -1.12. The standard InChI is InChI=1S/C23H24ClF3N2O3/c1-21(2,17-8-14(24)7-13-5-6-32-20(13)17)12-22(31,23(25,26)27)10-16-9-19-18(29-16)4-3-15(11-30)28-19/h3-4,7-9,29-31H,5-6,10-12H2,1-2H3. The molecule has 5 nitrogen and oxygen atoms in total. The van der Waals surface area contributed by atoms with E-state index in [1.54, 1.807) is 38.1 Å². The van der Waals surface area contributed by atoms with Crippen LogP contribution in [0.4, 0.5) is 13.2 Å². The van der Waals surface area contributed by atoms with Crippen LogP contribution in [0.5, 0.6) is 5.75 Å². The molecule has 4 rings (SSSR count). The van der Waals surface area contributed by atoms with Crippen molar-refractivity contribution in [3.63, 3.8) is 0 Å². The van der Waals surface area contributed by atoms with Gasteiger partial charge in [0.1, 0.15) is 5.75 Å². The number of nitrogens with one attached hydrogen (secondary N) is 1. The lowest BCUT2D eigenvalue weighted by Gasteiger charge is -2.38. The Bertz CT molecular complexity index is 1160. The Kier molecular flexibility index (Phi) is 5.68. The Balaban J connectivity index is 1.70. The van der Waals surface area contributed by atoms with Gasteiger partial charge in [-0.05, 0) is 47.7 Å². The first-order valence-corrected chi connectivity index (χ1v) is 10.6. The monoisotopic (exact) mass is 468 g/mol. The molecule has 3 aromatic rings. The van der Waals surface area contributed by atoms with Crippen molar-refractivity contribution in [1.82, 2.24) is 9.97 Å². The van der Waals surface area contributed by atoms with Crippen molar-refractivity contribution in [1.29, 1.82) is 0 Å². The number of nitrogens with zero attached hydrogens (tertiary/aromatic N) is 1. The predicted octanol–water partition coefficient (Wildman–Crippen LogP) is 4.85. The number of halogens is 4. The molecule has 1 unspecified atom stereocenters. The molecule has 0 bridgehead atoms. The van der Waals surface area contributed by atoms with Crippen LogP contribution in [0, 0.1) is 0 Å². The molecule has 0 saturated carbocycles. The summed E-state index contributed by atoms with van der Waals surface area (Å²) >= 11 is 6.23. The number of H-pyrrole nitrogens is 1. The topological polar surface area (TPSA) is 78.4 Å². The quantitative estimate of drug-likeness (QED) is 0.483. The van der Waals surface area contributed by atoms with Crippen LogP contribution in [0.1, 0.15) is 42.8 Å². The molecule has 1 aliphatic heterocycles. The van der Waals surface area contributed by atoms with Crippen molar-refractivity contribution in [2.24, 2.45) is 0 Å². The second-order valence-electron chi connectivity index (χ2n) is 8.99. The summed E-state index contributed by atoms with van der Waals surface area (Å²) in [4.78, 5) is 7.10. The lowest BCUT2D eigenvalue weighted by Crippen LogP contribution is -2.51. The molecule has 0 spiro atoms. The van der Waals surface area contributed by atoms with Gasteiger partial charge in [0, 0.05) is 29.1 Å². The fraction of sp³-hybridized carbons (Fsp3) is 0.435. The Labute approximate surface area is 188 Å². The lowest BCUT2D eigenvalue weighted by atomic mass is 9.73. The summed E-state index contributed by atoms with van der Waals surface area (Å²) in [6.45, 7) is 3.47. The average molecular weight is 469 g/mol. The molecule has 172 valence electrons. The van der Waals surface area contributed by atoms with Gasteiger partial charge in [-0.1, -0.05) is 25.4 Å². The maximum Gasteiger partial charge on any atom is 0.417 e. The minimum absolute atomic E-state index is 0.200. The van der Waals surface area contributed by atoms with Gasteiger partial charge >= 0.3 is 6.18 Å². The summed E-state index contributed by atoms with van der Waals surface area (Å²) in [6, 6.07) is 8.07. The Hall–Kier alpha value is -2.29. The molecule has 0 radical (unpaired) electrons. The molecule has 0 saturated heterocycles. The second-order valence-corrected chi connectivity index (χ2v) is 9.43. The highest BCUT2D eigenvalue weighted by Gasteiger charge is 2.56. The Morgan fingerprint density at radius 2 is 1.94 bits per heavy atom. The molecule has 1 aliphatic rings. The smallest absolute Gasteiger partial charge is 0.417 e. The summed E-state index contributed by atoms with van der Waals surface area (Å²) in [5.74, 6) is 0.551. The number of pyridine rings is 1. The third-order valence-electron chi connectivity index (χ3n) is 5.97. The minimum Gasteiger partial charge on any atom is -0.493 e. The molecule has 3 N–H and O–H groups in total. The van der Waals surface area contributed by atoms with Crippen LogP contribution in [-0.4, -0.2) is 38.6 Å². The number of aliphatic hydroxyl groups excluding tert-OH is 1. The van der Waals surface area contributed by atoms with Crippen LogP contribution in [0.2, 0.25) is 5.02 Å². The molecule has 1 aromatic carbocycles. The van der Waals surface area contributed by atoms with Gasteiger partial charge in [0.15, 0.2) is 5.60 Å². The molecule has 0 fully saturated rings. The SMILES string of the molecule is CC(C)(CC(O)(Cc1cc2nc(CO)ccc2[nH]1)C(F)(F)F)c1cc(Cl)cc2c1OCC2. The van der Waals surface area contributed by atoms with E-state index >= 15 is 0 Å². The molecule has 32 heavy (non-hydrogen) atoms. The summed E-state index contributed by atoms with van der Waals surface area (Å²) in [7, 11) is 0. The normalized spacial score (nSPS) is 16.1. The summed E-state index contributed by atoms with van der Waals surface area (Å²) in [6.07, 6.45) is -5.51. The van der Waals surface area contributed by atoms with Gasteiger partial charge in [-0.25, -0.2) is 4.98 Å². The molecule has 1 atom stereocenters. The zero-order valence-electron chi connectivity index (χ0n) is 17.7. The van der Waals surface area contributed by atoms with Crippen LogP contribution < -0.4 is 4.74 Å². The molecule has 3 heterocycles. The van der Waals surface area contributed by atoms with E-state index in [4.69, 9.17) is 16.3 Å². The molecular formula is C23H24ClF3N2O3. The number of ether oxygens (including phenoxy) is 1. The average Bonchev–Trinajstić information content (AvgIpc) is 3.30. The van der Waals surface area contributed by atoms with Crippen molar-refractivity contribution in [2.75, 3.05) is 6.61 Å². The molecular weight excluding hydrogens is 445 g/mol. The highest BCUT2D eigenvalue weighted by molar-refractivity contribution is 6.30. The Morgan fingerprint density at radius 1 is 1.19 bits per heavy atom. The van der Waals surface area contributed by atoms with Crippen LogP contribution >= 0.6 is 11.6 Å². The predicted molar refractivity (Wildman–Crippen MR) is 115 cm³/mol. The number of aliphatic hydroxyl groups is 2. The van der Waals surface area contributed by atoms with Crippen LogP contribution in [-0.2, 0) is 24.9 Å². The van der Waals surface area contributed by atoms with E-state index in [0.717, 1.165) is 5.56 Å². The van der Waals surface area contributed by atoms with Crippen LogP contribution in [0.3, 0.4) is 0 Å². The van der Waals surface area contributed by atoms with Gasteiger partial charge in [0.2, 0.25) is 0 Å². The van der Waals surface area contributed by atoms with E-state index in [9.17, 15) is 23.4 Å². The van der Waals surface area contributed by atoms with Crippen molar-refractivity contribution in [3.05, 3.63) is 57.9 Å². The highest BCUT2D eigenvalue weighted by Crippen LogP contribution is 2.47. The number of benzene rings is 1. The van der Waals surface area contributed by atoms with Gasteiger partial charge in [-0.3, -0.25) is 0 Å². The number of hydrogen-bond donors (Lipinski definition) is 3. The fourth-order valence-corrected chi connectivity index (χ4v) is 4.71. The summed E-state index contributed by atoms with van der Waals surface area (Å²) < 4.78 is 48.3. The highest BCUT2D eigenvalue weighted by atomic mass is 35.5.